The van der Waals surface area contributed by atoms with Gasteiger partial charge < -0.3 is 10.4 Å². The summed E-state index contributed by atoms with van der Waals surface area (Å²) in [7, 11) is 0. The summed E-state index contributed by atoms with van der Waals surface area (Å²) >= 11 is 0. The zero-order valence-corrected chi connectivity index (χ0v) is 7.61. The van der Waals surface area contributed by atoms with Gasteiger partial charge in [-0.2, -0.15) is 0 Å². The molecular formula is C11H15NO. The summed E-state index contributed by atoms with van der Waals surface area (Å²) in [5, 5.41) is 11.7. The zero-order valence-electron chi connectivity index (χ0n) is 7.61. The minimum atomic E-state index is 0.187. The Morgan fingerprint density at radius 3 is 2.69 bits per heavy atom. The molecule has 0 fully saturated rings. The average Bonchev–Trinajstić information content (AvgIpc) is 2.08. The molecule has 0 bridgehead atoms. The average molecular weight is 177 g/mol. The van der Waals surface area contributed by atoms with E-state index < -0.39 is 0 Å². The van der Waals surface area contributed by atoms with Gasteiger partial charge in [-0.25, -0.2) is 0 Å². The van der Waals surface area contributed by atoms with Crippen LogP contribution in [-0.4, -0.2) is 24.8 Å². The molecule has 0 amide bonds. The molecule has 2 N–H and O–H groups in total. The molecule has 0 unspecified atom stereocenters. The maximum atomic E-state index is 8.57. The van der Waals surface area contributed by atoms with E-state index in [4.69, 9.17) is 5.11 Å². The van der Waals surface area contributed by atoms with Gasteiger partial charge in [0.25, 0.3) is 0 Å². The molecule has 0 saturated carbocycles. The van der Waals surface area contributed by atoms with Crippen molar-refractivity contribution in [1.29, 1.82) is 0 Å². The van der Waals surface area contributed by atoms with Crippen LogP contribution in [0.5, 0.6) is 0 Å². The lowest BCUT2D eigenvalue weighted by atomic mass is 10.2. The molecule has 0 aromatic carbocycles. The summed E-state index contributed by atoms with van der Waals surface area (Å²) in [6, 6.07) is 0. The molecule has 0 aromatic rings. The molecule has 1 aliphatic carbocycles. The Morgan fingerprint density at radius 1 is 1.08 bits per heavy atom. The predicted molar refractivity (Wildman–Crippen MR) is 55.5 cm³/mol. The number of rotatable bonds is 4. The van der Waals surface area contributed by atoms with Crippen LogP contribution in [0.3, 0.4) is 0 Å². The minimum absolute atomic E-state index is 0.187. The lowest BCUT2D eigenvalue weighted by molar-refractivity contribution is 0.294. The quantitative estimate of drug-likeness (QED) is 0.632. The van der Waals surface area contributed by atoms with Gasteiger partial charge in [0.1, 0.15) is 0 Å². The van der Waals surface area contributed by atoms with Crippen LogP contribution in [0.2, 0.25) is 0 Å². The van der Waals surface area contributed by atoms with Crippen molar-refractivity contribution in [3.8, 4) is 0 Å². The van der Waals surface area contributed by atoms with Crippen LogP contribution in [0.4, 0.5) is 0 Å². The molecule has 1 aliphatic rings. The van der Waals surface area contributed by atoms with E-state index in [9.17, 15) is 0 Å². The smallest absolute Gasteiger partial charge is 0.0556 e. The number of aliphatic hydroxyl groups excluding tert-OH is 1. The van der Waals surface area contributed by atoms with Crippen molar-refractivity contribution in [2.75, 3.05) is 19.7 Å². The molecule has 0 aliphatic heterocycles. The zero-order chi connectivity index (χ0) is 9.36. The van der Waals surface area contributed by atoms with Crippen LogP contribution in [0, 0.1) is 0 Å². The fourth-order valence-corrected chi connectivity index (χ4v) is 1.04. The number of hydrogen-bond acceptors (Lipinski definition) is 2. The third kappa shape index (κ3) is 4.45. The molecule has 0 heterocycles. The van der Waals surface area contributed by atoms with E-state index >= 15 is 0 Å². The Labute approximate surface area is 79.0 Å². The first-order valence-electron chi connectivity index (χ1n) is 4.45. The van der Waals surface area contributed by atoms with Crippen LogP contribution in [-0.2, 0) is 0 Å². The molecule has 2 nitrogen and oxygen atoms in total. The fourth-order valence-electron chi connectivity index (χ4n) is 1.04. The molecule has 1 rings (SSSR count). The minimum Gasteiger partial charge on any atom is -0.395 e. The topological polar surface area (TPSA) is 32.3 Å². The molecule has 0 atom stereocenters. The largest absolute Gasteiger partial charge is 0.395 e. The van der Waals surface area contributed by atoms with Crippen LogP contribution >= 0.6 is 0 Å². The molecule has 0 radical (unpaired) electrons. The lowest BCUT2D eigenvalue weighted by Gasteiger charge is -2.03. The first-order chi connectivity index (χ1) is 6.43. The number of allylic oxidation sites excluding steroid dienone is 6. The van der Waals surface area contributed by atoms with Gasteiger partial charge >= 0.3 is 0 Å². The Hall–Kier alpha value is -1.12. The highest BCUT2D eigenvalue weighted by molar-refractivity contribution is 5.31. The summed E-state index contributed by atoms with van der Waals surface area (Å²) in [5.74, 6) is 0. The Balaban J connectivity index is 2.39. The van der Waals surface area contributed by atoms with E-state index in [-0.39, 0.29) is 6.61 Å². The van der Waals surface area contributed by atoms with Gasteiger partial charge in [-0.3, -0.25) is 0 Å². The maximum Gasteiger partial charge on any atom is 0.0556 e. The van der Waals surface area contributed by atoms with Gasteiger partial charge in [0, 0.05) is 13.1 Å². The van der Waals surface area contributed by atoms with E-state index in [2.05, 4.69) is 17.5 Å². The third-order valence-electron chi connectivity index (χ3n) is 1.68. The number of nitrogens with one attached hydrogen (secondary N) is 1. The molecule has 13 heavy (non-hydrogen) atoms. The SMILES string of the molecule is OCCNCC1=C/C=C\C=C/C=C\1. The number of hydrogen-bond donors (Lipinski definition) is 2. The van der Waals surface area contributed by atoms with Crippen molar-refractivity contribution in [3.63, 3.8) is 0 Å². The standard InChI is InChI=1S/C11H15NO/c13-9-8-12-10-11-6-4-2-1-3-5-7-11/h1-7,12-13H,8-10H2/b2-1-,3-1?,4-2?,5-3-,6-4-,7-5?,11-6?,11-7+. The highest BCUT2D eigenvalue weighted by atomic mass is 16.3. The third-order valence-corrected chi connectivity index (χ3v) is 1.68. The highest BCUT2D eigenvalue weighted by Crippen LogP contribution is 1.99. The van der Waals surface area contributed by atoms with Gasteiger partial charge in [-0.1, -0.05) is 42.5 Å². The first kappa shape index (κ1) is 9.96. The fraction of sp³-hybridized carbons (Fsp3) is 0.273. The van der Waals surface area contributed by atoms with Crippen LogP contribution < -0.4 is 5.32 Å². The normalized spacial score (nSPS) is 26.7. The first-order valence-corrected chi connectivity index (χ1v) is 4.45. The molecular weight excluding hydrogens is 162 g/mol. The maximum absolute atomic E-state index is 8.57. The lowest BCUT2D eigenvalue weighted by Crippen LogP contribution is -2.20. The summed E-state index contributed by atoms with van der Waals surface area (Å²) in [5.41, 5.74) is 1.22. The van der Waals surface area contributed by atoms with Crippen molar-refractivity contribution < 1.29 is 5.11 Å². The Bertz CT molecular complexity index is 249. The second-order valence-electron chi connectivity index (χ2n) is 2.77. The van der Waals surface area contributed by atoms with Crippen LogP contribution in [0.25, 0.3) is 0 Å². The van der Waals surface area contributed by atoms with E-state index in [0.29, 0.717) is 6.54 Å². The summed E-state index contributed by atoms with van der Waals surface area (Å²) in [4.78, 5) is 0. The Kier molecular flexibility index (Phi) is 4.91. The molecule has 0 aromatic heterocycles. The van der Waals surface area contributed by atoms with E-state index in [1.807, 2.05) is 30.4 Å². The van der Waals surface area contributed by atoms with Crippen molar-refractivity contribution in [1.82, 2.24) is 5.32 Å². The summed E-state index contributed by atoms with van der Waals surface area (Å²) in [6.07, 6.45) is 14.1. The summed E-state index contributed by atoms with van der Waals surface area (Å²) < 4.78 is 0. The molecule has 2 heteroatoms. The molecule has 70 valence electrons. The molecule has 0 saturated heterocycles. The van der Waals surface area contributed by atoms with Crippen molar-refractivity contribution in [3.05, 3.63) is 48.1 Å². The van der Waals surface area contributed by atoms with Gasteiger partial charge in [-0.15, -0.1) is 0 Å². The molecule has 0 spiro atoms. The summed E-state index contributed by atoms with van der Waals surface area (Å²) in [6.45, 7) is 1.63. The van der Waals surface area contributed by atoms with Gasteiger partial charge in [0.05, 0.1) is 6.61 Å². The van der Waals surface area contributed by atoms with Crippen molar-refractivity contribution >= 4 is 0 Å². The van der Waals surface area contributed by atoms with Gasteiger partial charge in [-0.05, 0) is 5.57 Å². The monoisotopic (exact) mass is 177 g/mol. The van der Waals surface area contributed by atoms with Crippen molar-refractivity contribution in [2.45, 2.75) is 0 Å². The Morgan fingerprint density at radius 2 is 1.85 bits per heavy atom. The predicted octanol–water partition coefficient (Wildman–Crippen LogP) is 1.18. The van der Waals surface area contributed by atoms with E-state index in [0.717, 1.165) is 6.54 Å². The van der Waals surface area contributed by atoms with Crippen LogP contribution in [0.1, 0.15) is 0 Å². The van der Waals surface area contributed by atoms with Crippen LogP contribution in [0.15, 0.2) is 48.1 Å². The number of aliphatic hydroxyl groups is 1. The van der Waals surface area contributed by atoms with Gasteiger partial charge in [0.2, 0.25) is 0 Å². The second kappa shape index (κ2) is 6.40. The second-order valence-corrected chi connectivity index (χ2v) is 2.77. The highest BCUT2D eigenvalue weighted by Gasteiger charge is 1.90. The van der Waals surface area contributed by atoms with Crippen molar-refractivity contribution in [2.24, 2.45) is 0 Å². The van der Waals surface area contributed by atoms with E-state index in [1.54, 1.807) is 0 Å². The van der Waals surface area contributed by atoms with Gasteiger partial charge in [0.15, 0.2) is 0 Å². The van der Waals surface area contributed by atoms with E-state index in [1.165, 1.54) is 5.57 Å².